The molecule has 1 heterocycles. The Kier molecular flexibility index (Phi) is 6.48. The van der Waals surface area contributed by atoms with Crippen LogP contribution in [0.1, 0.15) is 51.7 Å². The Balaban J connectivity index is 2.19. The molecule has 0 radical (unpaired) electrons. The number of hydrogen-bond acceptors (Lipinski definition) is 6. The van der Waals surface area contributed by atoms with Crippen molar-refractivity contribution in [3.8, 4) is 5.75 Å². The van der Waals surface area contributed by atoms with Gasteiger partial charge in [-0.25, -0.2) is 14.4 Å². The van der Waals surface area contributed by atoms with Crippen LogP contribution in [0.3, 0.4) is 0 Å². The van der Waals surface area contributed by atoms with Crippen LogP contribution in [0, 0.1) is 13.8 Å². The summed E-state index contributed by atoms with van der Waals surface area (Å²) < 4.78 is 15.9. The fourth-order valence-electron chi connectivity index (χ4n) is 2.67. The molecular weight excluding hydrogens is 362 g/mol. The zero-order valence-corrected chi connectivity index (χ0v) is 17.2. The van der Waals surface area contributed by atoms with E-state index in [0.717, 1.165) is 10.9 Å². The van der Waals surface area contributed by atoms with Gasteiger partial charge in [-0.3, -0.25) is 0 Å². The second-order valence-corrected chi connectivity index (χ2v) is 7.71. The van der Waals surface area contributed by atoms with Crippen LogP contribution in [-0.2, 0) is 9.53 Å². The van der Waals surface area contributed by atoms with Crippen LogP contribution < -0.4 is 15.7 Å². The van der Waals surface area contributed by atoms with Gasteiger partial charge < -0.3 is 19.2 Å². The van der Waals surface area contributed by atoms with E-state index >= 15 is 0 Å². The van der Waals surface area contributed by atoms with E-state index < -0.39 is 29.3 Å². The van der Waals surface area contributed by atoms with Gasteiger partial charge >= 0.3 is 17.7 Å². The fourth-order valence-corrected chi connectivity index (χ4v) is 2.67. The Morgan fingerprint density at radius 1 is 1.18 bits per heavy atom. The third-order valence-corrected chi connectivity index (χ3v) is 4.20. The Morgan fingerprint density at radius 3 is 2.46 bits per heavy atom. The van der Waals surface area contributed by atoms with E-state index in [0.29, 0.717) is 24.0 Å². The predicted molar refractivity (Wildman–Crippen MR) is 106 cm³/mol. The summed E-state index contributed by atoms with van der Waals surface area (Å²) in [6, 6.07) is 4.02. The quantitative estimate of drug-likeness (QED) is 0.472. The Hall–Kier alpha value is -2.83. The maximum absolute atomic E-state index is 12.5. The van der Waals surface area contributed by atoms with E-state index in [1.807, 2.05) is 13.8 Å². The number of rotatable bonds is 5. The molecule has 7 nitrogen and oxygen atoms in total. The van der Waals surface area contributed by atoms with Gasteiger partial charge in [-0.1, -0.05) is 13.3 Å². The van der Waals surface area contributed by atoms with Crippen LogP contribution in [0.2, 0.25) is 0 Å². The Labute approximate surface area is 164 Å². The van der Waals surface area contributed by atoms with E-state index in [9.17, 15) is 14.4 Å². The van der Waals surface area contributed by atoms with Gasteiger partial charge in [0.15, 0.2) is 0 Å². The van der Waals surface area contributed by atoms with Crippen molar-refractivity contribution in [1.82, 2.24) is 5.32 Å². The van der Waals surface area contributed by atoms with E-state index in [-0.39, 0.29) is 5.75 Å². The van der Waals surface area contributed by atoms with Crippen LogP contribution in [0.5, 0.6) is 5.75 Å². The van der Waals surface area contributed by atoms with Crippen molar-refractivity contribution in [2.75, 3.05) is 0 Å². The molecule has 0 aliphatic carbocycles. The van der Waals surface area contributed by atoms with Crippen LogP contribution in [-0.4, -0.2) is 23.7 Å². The van der Waals surface area contributed by atoms with Crippen molar-refractivity contribution < 1.29 is 23.5 Å². The van der Waals surface area contributed by atoms with E-state index in [2.05, 4.69) is 5.32 Å². The molecule has 0 saturated carbocycles. The average Bonchev–Trinajstić information content (AvgIpc) is 2.57. The lowest BCUT2D eigenvalue weighted by Gasteiger charge is -2.22. The Bertz CT molecular complexity index is 938. The van der Waals surface area contributed by atoms with Crippen molar-refractivity contribution >= 4 is 23.0 Å². The van der Waals surface area contributed by atoms with Gasteiger partial charge in [-0.2, -0.15) is 0 Å². The predicted octanol–water partition coefficient (Wildman–Crippen LogP) is 4.01. The van der Waals surface area contributed by atoms with Gasteiger partial charge in [0.2, 0.25) is 0 Å². The molecule has 1 unspecified atom stereocenters. The lowest BCUT2D eigenvalue weighted by Crippen LogP contribution is -2.45. The molecule has 0 aliphatic rings. The van der Waals surface area contributed by atoms with Gasteiger partial charge in [-0.05, 0) is 58.7 Å². The lowest BCUT2D eigenvalue weighted by molar-refractivity contribution is -0.137. The molecule has 0 spiro atoms. The third kappa shape index (κ3) is 5.34. The minimum atomic E-state index is -0.845. The number of ether oxygens (including phenoxy) is 2. The summed E-state index contributed by atoms with van der Waals surface area (Å²) in [6.07, 6.45) is 0.387. The molecular formula is C21H27NO6. The van der Waals surface area contributed by atoms with Gasteiger partial charge in [0.05, 0.1) is 0 Å². The SMILES string of the molecule is CCCC(NC(=O)OC(C)(C)C)C(=O)Oc1ccc2c(C)c(C)c(=O)oc2c1. The summed E-state index contributed by atoms with van der Waals surface area (Å²) in [7, 11) is 0. The summed E-state index contributed by atoms with van der Waals surface area (Å²) in [5.74, 6) is -0.380. The standard InChI is InChI=1S/C21H27NO6/c1-7-8-16(22-20(25)28-21(4,5)6)19(24)26-14-9-10-15-12(2)13(3)18(23)27-17(15)11-14/h9-11,16H,7-8H2,1-6H3,(H,22,25). The highest BCUT2D eigenvalue weighted by Gasteiger charge is 2.25. The molecule has 0 fully saturated rings. The first-order valence-corrected chi connectivity index (χ1v) is 9.27. The first kappa shape index (κ1) is 21.5. The molecule has 0 aliphatic heterocycles. The highest BCUT2D eigenvalue weighted by Crippen LogP contribution is 2.24. The van der Waals surface area contributed by atoms with E-state index in [4.69, 9.17) is 13.9 Å². The van der Waals surface area contributed by atoms with E-state index in [1.165, 1.54) is 6.07 Å². The largest absolute Gasteiger partial charge is 0.444 e. The van der Waals surface area contributed by atoms with E-state index in [1.54, 1.807) is 39.8 Å². The second kappa shape index (κ2) is 8.46. The molecule has 0 bridgehead atoms. The summed E-state index contributed by atoms with van der Waals surface area (Å²) in [4.78, 5) is 36.4. The Morgan fingerprint density at radius 2 is 1.86 bits per heavy atom. The minimum Gasteiger partial charge on any atom is -0.444 e. The topological polar surface area (TPSA) is 94.8 Å². The summed E-state index contributed by atoms with van der Waals surface area (Å²) >= 11 is 0. The number of aryl methyl sites for hydroxylation is 1. The van der Waals surface area contributed by atoms with Crippen LogP contribution in [0.15, 0.2) is 27.4 Å². The lowest BCUT2D eigenvalue weighted by atomic mass is 10.1. The molecule has 2 rings (SSSR count). The highest BCUT2D eigenvalue weighted by atomic mass is 16.6. The number of esters is 1. The molecule has 1 amide bonds. The van der Waals surface area contributed by atoms with Gasteiger partial charge in [-0.15, -0.1) is 0 Å². The third-order valence-electron chi connectivity index (χ3n) is 4.20. The van der Waals surface area contributed by atoms with Crippen LogP contribution in [0.4, 0.5) is 4.79 Å². The molecule has 1 N–H and O–H groups in total. The summed E-state index contributed by atoms with van der Waals surface area (Å²) in [5, 5.41) is 3.32. The fraction of sp³-hybridized carbons (Fsp3) is 0.476. The molecule has 1 atom stereocenters. The maximum Gasteiger partial charge on any atom is 0.408 e. The molecule has 0 saturated heterocycles. The zero-order chi connectivity index (χ0) is 21.1. The molecule has 1 aromatic carbocycles. The molecule has 152 valence electrons. The van der Waals surface area contributed by atoms with Crippen molar-refractivity contribution in [3.63, 3.8) is 0 Å². The van der Waals surface area contributed by atoms with Crippen LogP contribution in [0.25, 0.3) is 11.0 Å². The monoisotopic (exact) mass is 389 g/mol. The molecule has 28 heavy (non-hydrogen) atoms. The molecule has 7 heteroatoms. The first-order valence-electron chi connectivity index (χ1n) is 9.27. The van der Waals surface area contributed by atoms with Gasteiger partial charge in [0.1, 0.15) is 23.0 Å². The molecule has 1 aromatic heterocycles. The van der Waals surface area contributed by atoms with Crippen molar-refractivity contribution in [2.24, 2.45) is 0 Å². The number of benzene rings is 1. The summed E-state index contributed by atoms with van der Waals surface area (Å²) in [6.45, 7) is 10.7. The van der Waals surface area contributed by atoms with Crippen molar-refractivity contribution in [1.29, 1.82) is 0 Å². The van der Waals surface area contributed by atoms with Gasteiger partial charge in [0.25, 0.3) is 0 Å². The number of carbonyl (C=O) groups excluding carboxylic acids is 2. The number of hydrogen-bond donors (Lipinski definition) is 1. The highest BCUT2D eigenvalue weighted by molar-refractivity contribution is 5.85. The smallest absolute Gasteiger partial charge is 0.408 e. The average molecular weight is 389 g/mol. The zero-order valence-electron chi connectivity index (χ0n) is 17.2. The number of carbonyl (C=O) groups is 2. The van der Waals surface area contributed by atoms with Crippen molar-refractivity contribution in [2.45, 2.75) is 66.0 Å². The molecule has 2 aromatic rings. The second-order valence-electron chi connectivity index (χ2n) is 7.71. The van der Waals surface area contributed by atoms with Crippen molar-refractivity contribution in [3.05, 3.63) is 39.7 Å². The maximum atomic E-state index is 12.5. The number of alkyl carbamates (subject to hydrolysis) is 1. The van der Waals surface area contributed by atoms with Crippen LogP contribution >= 0.6 is 0 Å². The number of amides is 1. The summed E-state index contributed by atoms with van der Waals surface area (Å²) in [5.41, 5.74) is 0.604. The first-order chi connectivity index (χ1) is 13.0. The normalized spacial score (nSPS) is 12.5. The number of nitrogens with one attached hydrogen (secondary N) is 1. The number of fused-ring (bicyclic) bond motifs is 1. The minimum absolute atomic E-state index is 0.232. The van der Waals surface area contributed by atoms with Gasteiger partial charge in [0, 0.05) is 17.0 Å².